The Morgan fingerprint density at radius 1 is 1.19 bits per heavy atom. The van der Waals surface area contributed by atoms with Gasteiger partial charge >= 0.3 is 0 Å². The molecule has 0 radical (unpaired) electrons. The number of nitrogens with one attached hydrogen (secondary N) is 1. The molecule has 0 saturated heterocycles. The molecule has 1 fully saturated rings. The van der Waals surface area contributed by atoms with Gasteiger partial charge in [0.25, 0.3) is 0 Å². The number of aliphatic hydroxyl groups excluding tert-OH is 1. The average molecular weight is 372 g/mol. The minimum Gasteiger partial charge on any atom is -0.391 e. The minimum absolute atomic E-state index is 0.234. The normalized spacial score (nSPS) is 22.2. The molecule has 6 nitrogen and oxygen atoms in total. The Bertz CT molecular complexity index is 590. The summed E-state index contributed by atoms with van der Waals surface area (Å²) in [5.74, 6) is -5.03. The van der Waals surface area contributed by atoms with E-state index in [9.17, 15) is 23.8 Å². The lowest BCUT2D eigenvalue weighted by molar-refractivity contribution is -0.161. The largest absolute Gasteiger partial charge is 0.391 e. The summed E-state index contributed by atoms with van der Waals surface area (Å²) in [7, 11) is 0. The maximum atomic E-state index is 13.4. The van der Waals surface area contributed by atoms with Gasteiger partial charge in [-0.15, -0.1) is 0 Å². The summed E-state index contributed by atoms with van der Waals surface area (Å²) in [6, 6.07) is 8.51. The van der Waals surface area contributed by atoms with E-state index in [1.165, 1.54) is 5.48 Å². The highest BCUT2D eigenvalue weighted by Crippen LogP contribution is 2.43. The molecular weight excluding hydrogens is 346 g/mol. The second-order valence-electron chi connectivity index (χ2n) is 7.14. The van der Waals surface area contributed by atoms with Gasteiger partial charge in [0.15, 0.2) is 0 Å². The minimum atomic E-state index is -2.88. The molecule has 1 aromatic carbocycles. The van der Waals surface area contributed by atoms with Crippen LogP contribution in [0, 0.1) is 5.92 Å². The van der Waals surface area contributed by atoms with Crippen LogP contribution in [-0.2, 0) is 11.2 Å². The van der Waals surface area contributed by atoms with Crippen molar-refractivity contribution in [3.05, 3.63) is 35.9 Å². The molecule has 0 aromatic heterocycles. The lowest BCUT2D eigenvalue weighted by atomic mass is 9.71. The van der Waals surface area contributed by atoms with Gasteiger partial charge in [0.2, 0.25) is 11.8 Å². The van der Waals surface area contributed by atoms with E-state index in [2.05, 4.69) is 0 Å². The lowest BCUT2D eigenvalue weighted by Gasteiger charge is -2.41. The second kappa shape index (κ2) is 8.39. The zero-order valence-electron chi connectivity index (χ0n) is 14.4. The highest BCUT2D eigenvalue weighted by molar-refractivity contribution is 5.78. The highest BCUT2D eigenvalue weighted by Gasteiger charge is 2.49. The topological polar surface area (TPSA) is 116 Å². The van der Waals surface area contributed by atoms with E-state index in [1.807, 2.05) is 30.3 Å². The first kappa shape index (κ1) is 20.7. The molecule has 0 heterocycles. The molecule has 0 aliphatic heterocycles. The van der Waals surface area contributed by atoms with Crippen LogP contribution in [0.15, 0.2) is 30.3 Å². The van der Waals surface area contributed by atoms with Gasteiger partial charge in [0.1, 0.15) is 0 Å². The van der Waals surface area contributed by atoms with Gasteiger partial charge in [-0.1, -0.05) is 30.3 Å². The van der Waals surface area contributed by atoms with Crippen molar-refractivity contribution in [2.24, 2.45) is 11.7 Å². The van der Waals surface area contributed by atoms with Gasteiger partial charge in [-0.3, -0.25) is 10.0 Å². The Morgan fingerprint density at radius 3 is 2.31 bits per heavy atom. The first-order chi connectivity index (χ1) is 12.2. The Kier molecular flexibility index (Phi) is 6.68. The number of rotatable bonds is 7. The predicted molar refractivity (Wildman–Crippen MR) is 90.5 cm³/mol. The number of amides is 1. The third kappa shape index (κ3) is 5.20. The molecule has 3 unspecified atom stereocenters. The maximum absolute atomic E-state index is 13.4. The van der Waals surface area contributed by atoms with Gasteiger partial charge in [0.05, 0.1) is 17.6 Å². The van der Waals surface area contributed by atoms with Gasteiger partial charge in [0, 0.05) is 18.9 Å². The van der Waals surface area contributed by atoms with Crippen LogP contribution in [0.25, 0.3) is 0 Å². The quantitative estimate of drug-likeness (QED) is 0.366. The summed E-state index contributed by atoms with van der Waals surface area (Å²) < 4.78 is 26.8. The van der Waals surface area contributed by atoms with Crippen molar-refractivity contribution in [2.75, 3.05) is 0 Å². The summed E-state index contributed by atoms with van der Waals surface area (Å²) in [6.07, 6.45) is -2.72. The van der Waals surface area contributed by atoms with Crippen molar-refractivity contribution in [3.63, 3.8) is 0 Å². The molecule has 0 bridgehead atoms. The molecule has 3 atom stereocenters. The molecule has 2 rings (SSSR count). The number of benzene rings is 1. The molecule has 146 valence electrons. The van der Waals surface area contributed by atoms with Crippen LogP contribution in [0.4, 0.5) is 8.78 Å². The van der Waals surface area contributed by atoms with Crippen molar-refractivity contribution in [1.82, 2.24) is 5.48 Å². The maximum Gasteiger partial charge on any atom is 0.249 e. The van der Waals surface area contributed by atoms with Crippen LogP contribution in [0.2, 0.25) is 0 Å². The number of carbonyl (C=O) groups excluding carboxylic acids is 1. The fourth-order valence-electron chi connectivity index (χ4n) is 3.48. The third-order valence-corrected chi connectivity index (χ3v) is 5.21. The lowest BCUT2D eigenvalue weighted by Crippen LogP contribution is -2.52. The molecule has 1 aliphatic carbocycles. The fourth-order valence-corrected chi connectivity index (χ4v) is 3.48. The molecule has 1 saturated carbocycles. The predicted octanol–water partition coefficient (Wildman–Crippen LogP) is 1.37. The third-order valence-electron chi connectivity index (χ3n) is 5.21. The van der Waals surface area contributed by atoms with E-state index in [4.69, 9.17) is 10.9 Å². The molecule has 8 heteroatoms. The first-order valence-electron chi connectivity index (χ1n) is 8.68. The summed E-state index contributed by atoms with van der Waals surface area (Å²) in [5, 5.41) is 30.1. The average Bonchev–Trinajstić information content (AvgIpc) is 2.62. The Morgan fingerprint density at radius 2 is 1.77 bits per heavy atom. The highest BCUT2D eigenvalue weighted by atomic mass is 19.3. The zero-order chi connectivity index (χ0) is 19.4. The first-order valence-corrected chi connectivity index (χ1v) is 8.68. The van der Waals surface area contributed by atoms with Crippen LogP contribution in [0.1, 0.15) is 37.7 Å². The Hall–Kier alpha value is -1.61. The van der Waals surface area contributed by atoms with Gasteiger partial charge in [-0.25, -0.2) is 14.3 Å². The van der Waals surface area contributed by atoms with E-state index in [1.54, 1.807) is 0 Å². The number of hydrogen-bond acceptors (Lipinski definition) is 5. The van der Waals surface area contributed by atoms with E-state index < -0.39 is 48.3 Å². The monoisotopic (exact) mass is 372 g/mol. The molecule has 0 spiro atoms. The summed E-state index contributed by atoms with van der Waals surface area (Å²) >= 11 is 0. The van der Waals surface area contributed by atoms with Gasteiger partial charge in [-0.2, -0.15) is 0 Å². The molecule has 1 aromatic rings. The molecule has 26 heavy (non-hydrogen) atoms. The van der Waals surface area contributed by atoms with Crippen molar-refractivity contribution in [2.45, 2.75) is 62.2 Å². The van der Waals surface area contributed by atoms with Gasteiger partial charge in [-0.05, 0) is 31.2 Å². The number of hydroxylamine groups is 1. The Balaban J connectivity index is 2.06. The molecule has 6 N–H and O–H groups in total. The van der Waals surface area contributed by atoms with Crippen LogP contribution < -0.4 is 11.2 Å². The van der Waals surface area contributed by atoms with Gasteiger partial charge < -0.3 is 15.9 Å². The van der Waals surface area contributed by atoms with Crippen LogP contribution in [0.5, 0.6) is 0 Å². The van der Waals surface area contributed by atoms with E-state index in [0.29, 0.717) is 6.42 Å². The van der Waals surface area contributed by atoms with Crippen molar-refractivity contribution in [3.8, 4) is 0 Å². The summed E-state index contributed by atoms with van der Waals surface area (Å²) in [4.78, 5) is 12.0. The number of halogens is 2. The van der Waals surface area contributed by atoms with Crippen molar-refractivity contribution < 1.29 is 29.0 Å². The van der Waals surface area contributed by atoms with E-state index in [0.717, 1.165) is 5.56 Å². The fraction of sp³-hybridized carbons (Fsp3) is 0.611. The number of hydrogen-bond donors (Lipinski definition) is 5. The van der Waals surface area contributed by atoms with Crippen molar-refractivity contribution >= 4 is 5.91 Å². The summed E-state index contributed by atoms with van der Waals surface area (Å²) in [6.45, 7) is 0. The number of alkyl halides is 2. The van der Waals surface area contributed by atoms with E-state index in [-0.39, 0.29) is 19.3 Å². The molecule has 1 amide bonds. The van der Waals surface area contributed by atoms with Crippen molar-refractivity contribution in [1.29, 1.82) is 0 Å². The SMILES string of the molecule is NC(Cc1ccccc1)C(O)CC(C(=O)NO)C1(O)CCC(F)(F)CC1. The Labute approximate surface area is 151 Å². The smallest absolute Gasteiger partial charge is 0.249 e. The molecule has 1 aliphatic rings. The number of aliphatic hydroxyl groups is 2. The number of carbonyl (C=O) groups is 1. The van der Waals surface area contributed by atoms with Crippen LogP contribution in [0.3, 0.4) is 0 Å². The number of nitrogens with two attached hydrogens (primary N) is 1. The van der Waals surface area contributed by atoms with Crippen LogP contribution in [-0.4, -0.2) is 45.0 Å². The second-order valence-corrected chi connectivity index (χ2v) is 7.14. The van der Waals surface area contributed by atoms with E-state index >= 15 is 0 Å². The van der Waals surface area contributed by atoms with Crippen LogP contribution >= 0.6 is 0 Å². The zero-order valence-corrected chi connectivity index (χ0v) is 14.4. The molecular formula is C18H26F2N2O4. The summed E-state index contributed by atoms with van der Waals surface area (Å²) in [5.41, 5.74) is 6.65. The standard InChI is InChI=1S/C18H26F2N2O4/c19-18(20)8-6-17(25,7-9-18)13(16(24)22-26)11-15(23)14(21)10-12-4-2-1-3-5-12/h1-5,13-15,23,25-26H,6-11,21H2,(H,22,24).